The molecule has 0 fully saturated rings. The lowest BCUT2D eigenvalue weighted by molar-refractivity contribution is -0.146. The number of ether oxygens (including phenoxy) is 1. The molecule has 13 heavy (non-hydrogen) atoms. The molecule has 0 aromatic carbocycles. The van der Waals surface area contributed by atoms with Crippen molar-refractivity contribution in [3.8, 4) is 0 Å². The molecule has 76 valence electrons. The van der Waals surface area contributed by atoms with E-state index in [0.717, 1.165) is 0 Å². The van der Waals surface area contributed by atoms with Crippen LogP contribution in [0, 0.1) is 5.92 Å². The zero-order chi connectivity index (χ0) is 10.4. The van der Waals surface area contributed by atoms with E-state index in [1.165, 1.54) is 7.11 Å². The van der Waals surface area contributed by atoms with Gasteiger partial charge < -0.3 is 10.1 Å². The van der Waals surface area contributed by atoms with E-state index in [1.54, 1.807) is 6.92 Å². The van der Waals surface area contributed by atoms with Crippen LogP contribution in [0.1, 0.15) is 27.2 Å². The van der Waals surface area contributed by atoms with E-state index >= 15 is 0 Å². The standard InChI is InChI=1S/C9H17NO3/c1-5-7(11)10-8(6(2)3)9(12)13-4/h6,8H,5H2,1-4H3,(H,10,11)/t8-/m0/s1. The highest BCUT2D eigenvalue weighted by Gasteiger charge is 2.23. The summed E-state index contributed by atoms with van der Waals surface area (Å²) in [5.41, 5.74) is 0. The van der Waals surface area contributed by atoms with Crippen molar-refractivity contribution in [1.29, 1.82) is 0 Å². The molecule has 0 bridgehead atoms. The summed E-state index contributed by atoms with van der Waals surface area (Å²) < 4.78 is 4.57. The number of amides is 1. The SMILES string of the molecule is CCC(=O)N[C@H](C(=O)OC)C(C)C. The van der Waals surface area contributed by atoms with Crippen molar-refractivity contribution in [3.63, 3.8) is 0 Å². The molecule has 0 aliphatic carbocycles. The van der Waals surface area contributed by atoms with Gasteiger partial charge in [-0.2, -0.15) is 0 Å². The van der Waals surface area contributed by atoms with Gasteiger partial charge in [-0.05, 0) is 5.92 Å². The van der Waals surface area contributed by atoms with Crippen molar-refractivity contribution in [1.82, 2.24) is 5.32 Å². The highest BCUT2D eigenvalue weighted by molar-refractivity contribution is 5.84. The number of carbonyl (C=O) groups excluding carboxylic acids is 2. The molecular weight excluding hydrogens is 170 g/mol. The molecule has 0 unspecified atom stereocenters. The third kappa shape index (κ3) is 3.92. The van der Waals surface area contributed by atoms with Gasteiger partial charge in [0.25, 0.3) is 0 Å². The van der Waals surface area contributed by atoms with Crippen LogP contribution >= 0.6 is 0 Å². The molecule has 1 N–H and O–H groups in total. The second-order valence-electron chi connectivity index (χ2n) is 3.17. The first-order chi connectivity index (χ1) is 6.02. The van der Waals surface area contributed by atoms with E-state index in [0.29, 0.717) is 6.42 Å². The van der Waals surface area contributed by atoms with Crippen molar-refractivity contribution in [2.75, 3.05) is 7.11 Å². The first-order valence-corrected chi connectivity index (χ1v) is 4.40. The van der Waals surface area contributed by atoms with E-state index in [-0.39, 0.29) is 11.8 Å². The van der Waals surface area contributed by atoms with Crippen LogP contribution in [0.3, 0.4) is 0 Å². The van der Waals surface area contributed by atoms with Gasteiger partial charge in [0.15, 0.2) is 0 Å². The number of nitrogens with one attached hydrogen (secondary N) is 1. The molecule has 0 rings (SSSR count). The Bertz CT molecular complexity index is 189. The molecule has 0 saturated carbocycles. The van der Waals surface area contributed by atoms with Crippen molar-refractivity contribution in [2.24, 2.45) is 5.92 Å². The van der Waals surface area contributed by atoms with Gasteiger partial charge in [0.2, 0.25) is 5.91 Å². The Morgan fingerprint density at radius 1 is 1.38 bits per heavy atom. The Kier molecular flexibility index (Phi) is 5.11. The topological polar surface area (TPSA) is 55.4 Å². The van der Waals surface area contributed by atoms with Gasteiger partial charge >= 0.3 is 5.97 Å². The average molecular weight is 187 g/mol. The van der Waals surface area contributed by atoms with E-state index in [4.69, 9.17) is 0 Å². The fourth-order valence-corrected chi connectivity index (χ4v) is 0.900. The molecule has 0 aromatic rings. The lowest BCUT2D eigenvalue weighted by Gasteiger charge is -2.19. The summed E-state index contributed by atoms with van der Waals surface area (Å²) in [4.78, 5) is 22.2. The van der Waals surface area contributed by atoms with Crippen LogP contribution in [0.15, 0.2) is 0 Å². The van der Waals surface area contributed by atoms with Crippen LogP contribution < -0.4 is 5.32 Å². The number of rotatable bonds is 4. The average Bonchev–Trinajstić information content (AvgIpc) is 2.11. The predicted molar refractivity (Wildman–Crippen MR) is 49.1 cm³/mol. The maximum absolute atomic E-state index is 11.2. The van der Waals surface area contributed by atoms with Gasteiger partial charge in [-0.25, -0.2) is 4.79 Å². The molecule has 0 spiro atoms. The zero-order valence-corrected chi connectivity index (χ0v) is 8.59. The Morgan fingerprint density at radius 2 is 1.92 bits per heavy atom. The Balaban J connectivity index is 4.26. The van der Waals surface area contributed by atoms with Crippen LogP contribution in [0.4, 0.5) is 0 Å². The van der Waals surface area contributed by atoms with Gasteiger partial charge in [-0.3, -0.25) is 4.79 Å². The van der Waals surface area contributed by atoms with Crippen molar-refractivity contribution >= 4 is 11.9 Å². The number of esters is 1. The summed E-state index contributed by atoms with van der Waals surface area (Å²) in [7, 11) is 1.32. The molecular formula is C9H17NO3. The number of hydrogen-bond donors (Lipinski definition) is 1. The Morgan fingerprint density at radius 3 is 2.23 bits per heavy atom. The van der Waals surface area contributed by atoms with Gasteiger partial charge in [0.05, 0.1) is 7.11 Å². The van der Waals surface area contributed by atoms with Gasteiger partial charge in [-0.1, -0.05) is 20.8 Å². The van der Waals surface area contributed by atoms with E-state index in [1.807, 2.05) is 13.8 Å². The largest absolute Gasteiger partial charge is 0.467 e. The number of carbonyl (C=O) groups is 2. The van der Waals surface area contributed by atoms with E-state index < -0.39 is 12.0 Å². The molecule has 0 aliphatic rings. The predicted octanol–water partition coefficient (Wildman–Crippen LogP) is 0.710. The summed E-state index contributed by atoms with van der Waals surface area (Å²) in [6.45, 7) is 5.46. The van der Waals surface area contributed by atoms with Crippen LogP contribution in [0.2, 0.25) is 0 Å². The normalized spacial score (nSPS) is 12.4. The van der Waals surface area contributed by atoms with E-state index in [9.17, 15) is 9.59 Å². The van der Waals surface area contributed by atoms with Gasteiger partial charge in [0, 0.05) is 6.42 Å². The fourth-order valence-electron chi connectivity index (χ4n) is 0.900. The fraction of sp³-hybridized carbons (Fsp3) is 0.778. The summed E-state index contributed by atoms with van der Waals surface area (Å²) >= 11 is 0. The molecule has 0 saturated heterocycles. The van der Waals surface area contributed by atoms with Crippen LogP contribution in [-0.4, -0.2) is 25.0 Å². The van der Waals surface area contributed by atoms with Crippen molar-refractivity contribution in [3.05, 3.63) is 0 Å². The smallest absolute Gasteiger partial charge is 0.328 e. The second-order valence-corrected chi connectivity index (χ2v) is 3.17. The Hall–Kier alpha value is -1.06. The van der Waals surface area contributed by atoms with E-state index in [2.05, 4.69) is 10.1 Å². The minimum Gasteiger partial charge on any atom is -0.467 e. The third-order valence-corrected chi connectivity index (χ3v) is 1.76. The third-order valence-electron chi connectivity index (χ3n) is 1.76. The summed E-state index contributed by atoms with van der Waals surface area (Å²) in [6.07, 6.45) is 0.375. The van der Waals surface area contributed by atoms with Crippen LogP contribution in [-0.2, 0) is 14.3 Å². The minimum absolute atomic E-state index is 0.0444. The second kappa shape index (κ2) is 5.56. The molecule has 1 amide bonds. The maximum Gasteiger partial charge on any atom is 0.328 e. The monoisotopic (exact) mass is 187 g/mol. The molecule has 0 radical (unpaired) electrons. The van der Waals surface area contributed by atoms with Gasteiger partial charge in [0.1, 0.15) is 6.04 Å². The maximum atomic E-state index is 11.2. The quantitative estimate of drug-likeness (QED) is 0.659. The van der Waals surface area contributed by atoms with Crippen molar-refractivity contribution < 1.29 is 14.3 Å². The van der Waals surface area contributed by atoms with Crippen LogP contribution in [0.5, 0.6) is 0 Å². The first kappa shape index (κ1) is 11.9. The lowest BCUT2D eigenvalue weighted by Crippen LogP contribution is -2.44. The number of methoxy groups -OCH3 is 1. The Labute approximate surface area is 78.6 Å². The summed E-state index contributed by atoms with van der Waals surface area (Å²) in [5, 5.41) is 2.60. The lowest BCUT2D eigenvalue weighted by atomic mass is 10.0. The molecule has 4 heteroatoms. The highest BCUT2D eigenvalue weighted by Crippen LogP contribution is 2.03. The van der Waals surface area contributed by atoms with Gasteiger partial charge in [-0.15, -0.1) is 0 Å². The minimum atomic E-state index is -0.530. The highest BCUT2D eigenvalue weighted by atomic mass is 16.5. The van der Waals surface area contributed by atoms with Crippen LogP contribution in [0.25, 0.3) is 0 Å². The first-order valence-electron chi connectivity index (χ1n) is 4.40. The molecule has 0 heterocycles. The summed E-state index contributed by atoms with van der Waals surface area (Å²) in [5.74, 6) is -0.483. The number of hydrogen-bond acceptors (Lipinski definition) is 3. The molecule has 4 nitrogen and oxygen atoms in total. The zero-order valence-electron chi connectivity index (χ0n) is 8.59. The molecule has 0 aliphatic heterocycles. The summed E-state index contributed by atoms with van der Waals surface area (Å²) in [6, 6.07) is -0.530. The molecule has 1 atom stereocenters. The molecule has 0 aromatic heterocycles. The van der Waals surface area contributed by atoms with Crippen molar-refractivity contribution in [2.45, 2.75) is 33.2 Å².